The van der Waals surface area contributed by atoms with E-state index >= 15 is 0 Å². The second-order valence-corrected chi connectivity index (χ2v) is 5.73. The van der Waals surface area contributed by atoms with Gasteiger partial charge in [-0.3, -0.25) is 4.79 Å². The number of rotatable bonds is 5. The maximum atomic E-state index is 12.0. The van der Waals surface area contributed by atoms with Crippen molar-refractivity contribution in [3.05, 3.63) is 29.3 Å². The van der Waals surface area contributed by atoms with Crippen molar-refractivity contribution in [1.82, 2.24) is 4.90 Å². The number of hydrogen-bond acceptors (Lipinski definition) is 3. The van der Waals surface area contributed by atoms with Crippen molar-refractivity contribution < 1.29 is 14.6 Å². The molecule has 2 rings (SSSR count). The molecule has 1 fully saturated rings. The van der Waals surface area contributed by atoms with Crippen molar-refractivity contribution in [3.8, 4) is 5.75 Å². The smallest absolute Gasteiger partial charge is 0.260 e. The third kappa shape index (κ3) is 3.12. The molecule has 20 heavy (non-hydrogen) atoms. The minimum absolute atomic E-state index is 0.0356. The van der Waals surface area contributed by atoms with E-state index in [0.717, 1.165) is 29.7 Å². The summed E-state index contributed by atoms with van der Waals surface area (Å²) in [6, 6.07) is 5.91. The molecule has 0 unspecified atom stereocenters. The Balaban J connectivity index is 1.85. The summed E-state index contributed by atoms with van der Waals surface area (Å²) < 4.78 is 5.64. The highest BCUT2D eigenvalue weighted by atomic mass is 16.5. The van der Waals surface area contributed by atoms with Gasteiger partial charge in [-0.2, -0.15) is 0 Å². The van der Waals surface area contributed by atoms with Crippen LogP contribution in [0.5, 0.6) is 5.75 Å². The first-order valence-electron chi connectivity index (χ1n) is 7.14. The van der Waals surface area contributed by atoms with Gasteiger partial charge < -0.3 is 14.7 Å². The Morgan fingerprint density at radius 2 is 1.95 bits per heavy atom. The van der Waals surface area contributed by atoms with E-state index in [1.165, 1.54) is 0 Å². The van der Waals surface area contributed by atoms with Crippen LogP contribution in [0, 0.1) is 13.8 Å². The van der Waals surface area contributed by atoms with Gasteiger partial charge in [-0.05, 0) is 31.4 Å². The third-order valence-corrected chi connectivity index (χ3v) is 3.79. The van der Waals surface area contributed by atoms with Gasteiger partial charge >= 0.3 is 0 Å². The zero-order valence-electron chi connectivity index (χ0n) is 12.5. The molecular formula is C16H23NO3. The van der Waals surface area contributed by atoms with Crippen molar-refractivity contribution >= 4 is 5.91 Å². The van der Waals surface area contributed by atoms with E-state index in [0.29, 0.717) is 13.1 Å². The highest BCUT2D eigenvalue weighted by molar-refractivity contribution is 5.79. The molecule has 1 aliphatic rings. The Labute approximate surface area is 120 Å². The highest BCUT2D eigenvalue weighted by Gasteiger charge is 2.42. The van der Waals surface area contributed by atoms with Crippen LogP contribution >= 0.6 is 0 Å². The van der Waals surface area contributed by atoms with Gasteiger partial charge in [-0.15, -0.1) is 0 Å². The number of nitrogens with zero attached hydrogens (tertiary/aromatic N) is 1. The minimum Gasteiger partial charge on any atom is -0.483 e. The summed E-state index contributed by atoms with van der Waals surface area (Å²) >= 11 is 0. The summed E-state index contributed by atoms with van der Waals surface area (Å²) in [6.45, 7) is 6.86. The molecule has 0 radical (unpaired) electrons. The van der Waals surface area contributed by atoms with Crippen LogP contribution in [0.25, 0.3) is 0 Å². The van der Waals surface area contributed by atoms with Gasteiger partial charge in [0.05, 0.1) is 18.7 Å². The lowest BCUT2D eigenvalue weighted by molar-refractivity contribution is -0.158. The Morgan fingerprint density at radius 1 is 1.35 bits per heavy atom. The molecule has 0 bridgehead atoms. The fourth-order valence-corrected chi connectivity index (χ4v) is 2.72. The average Bonchev–Trinajstić information content (AvgIpc) is 2.35. The lowest BCUT2D eigenvalue weighted by Crippen LogP contribution is -2.64. The molecule has 0 aromatic heterocycles. The summed E-state index contributed by atoms with van der Waals surface area (Å²) in [5.74, 6) is 0.721. The van der Waals surface area contributed by atoms with Gasteiger partial charge in [0.25, 0.3) is 5.91 Å². The van der Waals surface area contributed by atoms with E-state index in [2.05, 4.69) is 0 Å². The number of benzene rings is 1. The molecule has 0 atom stereocenters. The number of carbonyl (C=O) groups excluding carboxylic acids is 1. The van der Waals surface area contributed by atoms with Crippen LogP contribution in [0.2, 0.25) is 0 Å². The van der Waals surface area contributed by atoms with Crippen molar-refractivity contribution in [2.45, 2.75) is 39.2 Å². The second kappa shape index (κ2) is 5.83. The van der Waals surface area contributed by atoms with Crippen LogP contribution in [0.1, 0.15) is 30.9 Å². The van der Waals surface area contributed by atoms with E-state index in [4.69, 9.17) is 4.74 Å². The highest BCUT2D eigenvalue weighted by Crippen LogP contribution is 2.26. The number of carbonyl (C=O) groups is 1. The minimum atomic E-state index is -0.678. The lowest BCUT2D eigenvalue weighted by Gasteiger charge is -2.46. The Bertz CT molecular complexity index is 472. The van der Waals surface area contributed by atoms with E-state index in [-0.39, 0.29) is 12.5 Å². The van der Waals surface area contributed by atoms with Crippen molar-refractivity contribution in [3.63, 3.8) is 0 Å². The molecule has 1 saturated heterocycles. The first-order valence-corrected chi connectivity index (χ1v) is 7.14. The molecule has 1 aromatic carbocycles. The Kier molecular flexibility index (Phi) is 4.33. The summed E-state index contributed by atoms with van der Waals surface area (Å²) in [5.41, 5.74) is 1.39. The molecule has 4 heteroatoms. The van der Waals surface area contributed by atoms with Crippen molar-refractivity contribution in [2.75, 3.05) is 19.7 Å². The van der Waals surface area contributed by atoms with Crippen molar-refractivity contribution in [2.24, 2.45) is 0 Å². The van der Waals surface area contributed by atoms with Gasteiger partial charge in [0.2, 0.25) is 0 Å². The topological polar surface area (TPSA) is 49.8 Å². The molecule has 1 heterocycles. The number of ether oxygens (including phenoxy) is 1. The van der Waals surface area contributed by atoms with Crippen LogP contribution in [0.15, 0.2) is 18.2 Å². The number of β-amino-alcohol motifs (C(OH)–C–C–N with tert-alkyl or cyclic N) is 1. The van der Waals surface area contributed by atoms with Gasteiger partial charge in [-0.1, -0.05) is 31.5 Å². The fourth-order valence-electron chi connectivity index (χ4n) is 2.72. The number of amides is 1. The zero-order chi connectivity index (χ0) is 14.8. The number of likely N-dealkylation sites (tertiary alicyclic amines) is 1. The molecular weight excluding hydrogens is 254 g/mol. The molecule has 0 saturated carbocycles. The number of hydrogen-bond donors (Lipinski definition) is 1. The maximum absolute atomic E-state index is 12.0. The Hall–Kier alpha value is -1.55. The third-order valence-electron chi connectivity index (χ3n) is 3.79. The van der Waals surface area contributed by atoms with Crippen LogP contribution in [0.4, 0.5) is 0 Å². The van der Waals surface area contributed by atoms with Gasteiger partial charge in [-0.25, -0.2) is 0 Å². The van der Waals surface area contributed by atoms with Crippen LogP contribution in [-0.4, -0.2) is 41.2 Å². The summed E-state index contributed by atoms with van der Waals surface area (Å²) in [6.07, 6.45) is 1.67. The first kappa shape index (κ1) is 14.9. The molecule has 1 N–H and O–H groups in total. The standard InChI is InChI=1S/C16H23NO3/c1-4-8-16(19)10-17(11-16)14(18)9-20-15-12(2)6-5-7-13(15)3/h5-7,19H,4,8-11H2,1-3H3. The number of aliphatic hydroxyl groups is 1. The fraction of sp³-hybridized carbons (Fsp3) is 0.562. The monoisotopic (exact) mass is 277 g/mol. The molecule has 0 spiro atoms. The lowest BCUT2D eigenvalue weighted by atomic mass is 9.89. The predicted octanol–water partition coefficient (Wildman–Crippen LogP) is 2.06. The zero-order valence-corrected chi connectivity index (χ0v) is 12.5. The number of aryl methyl sites for hydroxylation is 2. The summed E-state index contributed by atoms with van der Waals surface area (Å²) in [5, 5.41) is 10.1. The number of para-hydroxylation sites is 1. The first-order chi connectivity index (χ1) is 9.45. The van der Waals surface area contributed by atoms with E-state index in [9.17, 15) is 9.90 Å². The summed E-state index contributed by atoms with van der Waals surface area (Å²) in [7, 11) is 0. The SMILES string of the molecule is CCCC1(O)CN(C(=O)COc2c(C)cccc2C)C1. The molecule has 0 aliphatic carbocycles. The van der Waals surface area contributed by atoms with Gasteiger partial charge in [0.15, 0.2) is 6.61 Å². The summed E-state index contributed by atoms with van der Waals surface area (Å²) in [4.78, 5) is 13.7. The maximum Gasteiger partial charge on any atom is 0.260 e. The molecule has 1 amide bonds. The largest absolute Gasteiger partial charge is 0.483 e. The van der Waals surface area contributed by atoms with E-state index in [1.54, 1.807) is 4.90 Å². The quantitative estimate of drug-likeness (QED) is 0.896. The normalized spacial score (nSPS) is 16.7. The van der Waals surface area contributed by atoms with Crippen molar-refractivity contribution in [1.29, 1.82) is 0 Å². The van der Waals surface area contributed by atoms with Crippen LogP contribution in [0.3, 0.4) is 0 Å². The van der Waals surface area contributed by atoms with E-state index < -0.39 is 5.60 Å². The van der Waals surface area contributed by atoms with Crippen LogP contribution in [-0.2, 0) is 4.79 Å². The Morgan fingerprint density at radius 3 is 2.50 bits per heavy atom. The average molecular weight is 277 g/mol. The van der Waals surface area contributed by atoms with E-state index in [1.807, 2.05) is 39.0 Å². The molecule has 4 nitrogen and oxygen atoms in total. The second-order valence-electron chi connectivity index (χ2n) is 5.73. The van der Waals surface area contributed by atoms with Gasteiger partial charge in [0, 0.05) is 0 Å². The predicted molar refractivity (Wildman–Crippen MR) is 77.8 cm³/mol. The molecule has 1 aliphatic heterocycles. The molecule has 110 valence electrons. The van der Waals surface area contributed by atoms with Gasteiger partial charge in [0.1, 0.15) is 5.75 Å². The molecule has 1 aromatic rings. The van der Waals surface area contributed by atoms with Crippen LogP contribution < -0.4 is 4.74 Å².